The molecule has 3 N–H and O–H groups in total. The Morgan fingerprint density at radius 3 is 3.00 bits per heavy atom. The highest BCUT2D eigenvalue weighted by atomic mass is 32.2. The number of carbonyl (C=O) groups excluding carboxylic acids is 1. The Morgan fingerprint density at radius 2 is 2.35 bits per heavy atom. The average Bonchev–Trinajstić information content (AvgIpc) is 2.83. The van der Waals surface area contributed by atoms with Crippen LogP contribution in [-0.2, 0) is 4.74 Å². The minimum Gasteiger partial charge on any atom is -0.465 e. The van der Waals surface area contributed by atoms with Crippen molar-refractivity contribution < 1.29 is 9.53 Å². The van der Waals surface area contributed by atoms with Crippen LogP contribution in [0.4, 0.5) is 5.69 Å². The van der Waals surface area contributed by atoms with Gasteiger partial charge in [-0.1, -0.05) is 11.8 Å². The fraction of sp³-hybridized carbons (Fsp3) is 0.0909. The van der Waals surface area contributed by atoms with Crippen molar-refractivity contribution in [2.75, 3.05) is 12.8 Å². The van der Waals surface area contributed by atoms with Gasteiger partial charge >= 0.3 is 5.97 Å². The first kappa shape index (κ1) is 11.5. The minimum absolute atomic E-state index is 0.411. The number of imidazole rings is 1. The maximum absolute atomic E-state index is 11.6. The molecule has 0 saturated heterocycles. The standard InChI is InChI=1S/C11H11N3O2S/c1-16-10(15)8-6-7(12)2-3-9(8)17-11-13-4-5-14-11/h2-6H,12H2,1H3,(H,13,14). The van der Waals surface area contributed by atoms with Gasteiger partial charge in [0.1, 0.15) is 0 Å². The van der Waals surface area contributed by atoms with E-state index in [1.54, 1.807) is 30.6 Å². The average molecular weight is 249 g/mol. The maximum Gasteiger partial charge on any atom is 0.339 e. The lowest BCUT2D eigenvalue weighted by Crippen LogP contribution is -2.04. The van der Waals surface area contributed by atoms with Gasteiger partial charge in [-0.25, -0.2) is 9.78 Å². The van der Waals surface area contributed by atoms with Gasteiger partial charge in [-0.2, -0.15) is 0 Å². The molecule has 2 aromatic rings. The summed E-state index contributed by atoms with van der Waals surface area (Å²) in [4.78, 5) is 19.4. The number of aromatic amines is 1. The van der Waals surface area contributed by atoms with Gasteiger partial charge in [-0.15, -0.1) is 0 Å². The highest BCUT2D eigenvalue weighted by molar-refractivity contribution is 7.99. The van der Waals surface area contributed by atoms with Crippen molar-refractivity contribution in [2.24, 2.45) is 0 Å². The van der Waals surface area contributed by atoms with Crippen molar-refractivity contribution in [3.05, 3.63) is 36.2 Å². The number of ether oxygens (including phenoxy) is 1. The summed E-state index contributed by atoms with van der Waals surface area (Å²) in [6.07, 6.45) is 3.37. The van der Waals surface area contributed by atoms with Crippen LogP contribution < -0.4 is 5.73 Å². The predicted octanol–water partition coefficient (Wildman–Crippen LogP) is 1.93. The fourth-order valence-electron chi connectivity index (χ4n) is 1.32. The number of nitrogens with two attached hydrogens (primary N) is 1. The number of hydrogen-bond donors (Lipinski definition) is 2. The van der Waals surface area contributed by atoms with Crippen molar-refractivity contribution in [2.45, 2.75) is 10.1 Å². The summed E-state index contributed by atoms with van der Waals surface area (Å²) in [5.41, 5.74) is 6.61. The molecule has 0 aliphatic heterocycles. The first-order valence-electron chi connectivity index (χ1n) is 4.86. The second-order valence-electron chi connectivity index (χ2n) is 3.24. The Hall–Kier alpha value is -1.95. The largest absolute Gasteiger partial charge is 0.465 e. The molecule has 1 aromatic heterocycles. The molecule has 2 rings (SSSR count). The number of benzene rings is 1. The van der Waals surface area contributed by atoms with Crippen molar-refractivity contribution in [3.8, 4) is 0 Å². The molecule has 0 aliphatic rings. The van der Waals surface area contributed by atoms with Crippen LogP contribution >= 0.6 is 11.8 Å². The molecular formula is C11H11N3O2S. The van der Waals surface area contributed by atoms with Crippen LogP contribution in [0.25, 0.3) is 0 Å². The Morgan fingerprint density at radius 1 is 1.53 bits per heavy atom. The number of methoxy groups -OCH3 is 1. The zero-order chi connectivity index (χ0) is 12.3. The third kappa shape index (κ3) is 2.59. The molecule has 0 bridgehead atoms. The summed E-state index contributed by atoms with van der Waals surface area (Å²) in [5, 5.41) is 0.708. The molecule has 1 aromatic carbocycles. The van der Waals surface area contributed by atoms with Crippen molar-refractivity contribution in [3.63, 3.8) is 0 Å². The zero-order valence-corrected chi connectivity index (χ0v) is 9.95. The summed E-state index contributed by atoms with van der Waals surface area (Å²) in [5.74, 6) is -0.411. The third-order valence-electron chi connectivity index (χ3n) is 2.09. The number of H-pyrrole nitrogens is 1. The van der Waals surface area contributed by atoms with Crippen molar-refractivity contribution >= 4 is 23.4 Å². The van der Waals surface area contributed by atoms with E-state index in [0.717, 1.165) is 4.90 Å². The second-order valence-corrected chi connectivity index (χ2v) is 4.27. The van der Waals surface area contributed by atoms with Crippen molar-refractivity contribution in [1.29, 1.82) is 0 Å². The normalized spacial score (nSPS) is 10.2. The van der Waals surface area contributed by atoms with E-state index in [2.05, 4.69) is 9.97 Å². The molecule has 1 heterocycles. The number of rotatable bonds is 3. The number of nitrogens with one attached hydrogen (secondary N) is 1. The summed E-state index contributed by atoms with van der Waals surface area (Å²) in [6, 6.07) is 5.10. The van der Waals surface area contributed by atoms with E-state index in [1.165, 1.54) is 18.9 Å². The quantitative estimate of drug-likeness (QED) is 0.641. The summed E-state index contributed by atoms with van der Waals surface area (Å²) in [7, 11) is 1.34. The van der Waals surface area contributed by atoms with Crippen LogP contribution in [0.5, 0.6) is 0 Å². The number of anilines is 1. The van der Waals surface area contributed by atoms with Gasteiger partial charge in [0.15, 0.2) is 5.16 Å². The summed E-state index contributed by atoms with van der Waals surface area (Å²) >= 11 is 1.35. The lowest BCUT2D eigenvalue weighted by atomic mass is 10.2. The molecule has 0 spiro atoms. The first-order valence-corrected chi connectivity index (χ1v) is 5.67. The van der Waals surface area contributed by atoms with E-state index >= 15 is 0 Å². The number of esters is 1. The van der Waals surface area contributed by atoms with Gasteiger partial charge in [0.2, 0.25) is 0 Å². The molecule has 88 valence electrons. The van der Waals surface area contributed by atoms with Crippen LogP contribution in [0.1, 0.15) is 10.4 Å². The van der Waals surface area contributed by atoms with Gasteiger partial charge in [0.05, 0.1) is 12.7 Å². The molecular weight excluding hydrogens is 238 g/mol. The number of aromatic nitrogens is 2. The van der Waals surface area contributed by atoms with Gasteiger partial charge in [-0.05, 0) is 18.2 Å². The van der Waals surface area contributed by atoms with Crippen LogP contribution in [0.15, 0.2) is 40.6 Å². The first-order chi connectivity index (χ1) is 8.20. The molecule has 6 heteroatoms. The molecule has 0 saturated carbocycles. The second kappa shape index (κ2) is 4.92. The molecule has 0 unspecified atom stereocenters. The predicted molar refractivity (Wildman–Crippen MR) is 64.9 cm³/mol. The van der Waals surface area contributed by atoms with Gasteiger partial charge < -0.3 is 15.5 Å². The van der Waals surface area contributed by atoms with Crippen LogP contribution in [-0.4, -0.2) is 23.0 Å². The lowest BCUT2D eigenvalue weighted by Gasteiger charge is -2.06. The Bertz CT molecular complexity index is 526. The minimum atomic E-state index is -0.411. The molecule has 0 amide bonds. The summed E-state index contributed by atoms with van der Waals surface area (Å²) < 4.78 is 4.71. The topological polar surface area (TPSA) is 81.0 Å². The smallest absolute Gasteiger partial charge is 0.339 e. The molecule has 17 heavy (non-hydrogen) atoms. The molecule has 0 atom stereocenters. The van der Waals surface area contributed by atoms with E-state index in [1.807, 2.05) is 0 Å². The van der Waals surface area contributed by atoms with Gasteiger partial charge in [0.25, 0.3) is 0 Å². The Kier molecular flexibility index (Phi) is 3.34. The van der Waals surface area contributed by atoms with E-state index in [-0.39, 0.29) is 0 Å². The SMILES string of the molecule is COC(=O)c1cc(N)ccc1Sc1ncc[nH]1. The molecule has 5 nitrogen and oxygen atoms in total. The maximum atomic E-state index is 11.6. The number of carbonyl (C=O) groups is 1. The zero-order valence-electron chi connectivity index (χ0n) is 9.14. The van der Waals surface area contributed by atoms with Crippen LogP contribution in [0.2, 0.25) is 0 Å². The number of hydrogen-bond acceptors (Lipinski definition) is 5. The van der Waals surface area contributed by atoms with Crippen LogP contribution in [0.3, 0.4) is 0 Å². The lowest BCUT2D eigenvalue weighted by molar-refractivity contribution is 0.0597. The third-order valence-corrected chi connectivity index (χ3v) is 3.08. The fourth-order valence-corrected chi connectivity index (χ4v) is 2.15. The van der Waals surface area contributed by atoms with Gasteiger partial charge in [-0.3, -0.25) is 0 Å². The monoisotopic (exact) mass is 249 g/mol. The van der Waals surface area contributed by atoms with E-state index in [4.69, 9.17) is 10.5 Å². The highest BCUT2D eigenvalue weighted by Crippen LogP contribution is 2.29. The van der Waals surface area contributed by atoms with Crippen LogP contribution in [0, 0.1) is 0 Å². The molecule has 0 aliphatic carbocycles. The Labute approximate surface area is 102 Å². The number of nitrogen functional groups attached to an aromatic ring is 1. The highest BCUT2D eigenvalue weighted by Gasteiger charge is 2.14. The molecule has 0 fully saturated rings. The molecule has 0 radical (unpaired) electrons. The number of nitrogens with zero attached hydrogens (tertiary/aromatic N) is 1. The van der Waals surface area contributed by atoms with Crippen molar-refractivity contribution in [1.82, 2.24) is 9.97 Å². The van der Waals surface area contributed by atoms with E-state index < -0.39 is 5.97 Å². The van der Waals surface area contributed by atoms with Gasteiger partial charge in [0, 0.05) is 23.0 Å². The summed E-state index contributed by atoms with van der Waals surface area (Å²) in [6.45, 7) is 0. The Balaban J connectivity index is 2.35. The van der Waals surface area contributed by atoms with E-state index in [0.29, 0.717) is 16.4 Å². The van der Waals surface area contributed by atoms with E-state index in [9.17, 15) is 4.79 Å².